The largest absolute Gasteiger partial charge is 0.294 e. The maximum atomic E-state index is 14.0. The summed E-state index contributed by atoms with van der Waals surface area (Å²) < 4.78 is 12.2. The number of alkyl halides is 2. The van der Waals surface area contributed by atoms with E-state index in [-0.39, 0.29) is 17.1 Å². The number of hydrogen-bond acceptors (Lipinski definition) is 1. The average molecular weight is 249 g/mol. The summed E-state index contributed by atoms with van der Waals surface area (Å²) in [6, 6.07) is 0. The molecule has 2 fully saturated rings. The molecule has 0 aliphatic heterocycles. The third-order valence-corrected chi connectivity index (χ3v) is 5.38. The topological polar surface area (TPSA) is 17.1 Å². The first-order valence-electron chi connectivity index (χ1n) is 4.67. The van der Waals surface area contributed by atoms with Crippen molar-refractivity contribution in [3.63, 3.8) is 0 Å². The number of ketones is 1. The lowest BCUT2D eigenvalue weighted by atomic mass is 9.70. The maximum Gasteiger partial charge on any atom is 0.226 e. The van der Waals surface area contributed by atoms with Gasteiger partial charge in [0.05, 0.1) is 0 Å². The lowest BCUT2D eigenvalue weighted by molar-refractivity contribution is -0.133. The van der Waals surface area contributed by atoms with Crippen LogP contribution in [0.3, 0.4) is 0 Å². The molecule has 1 nitrogen and oxygen atoms in total. The van der Waals surface area contributed by atoms with E-state index in [0.29, 0.717) is 0 Å². The van der Waals surface area contributed by atoms with Crippen molar-refractivity contribution in [1.82, 2.24) is 0 Å². The Morgan fingerprint density at radius 3 is 2.23 bits per heavy atom. The first-order valence-corrected chi connectivity index (χ1v) is 5.46. The van der Waals surface area contributed by atoms with Gasteiger partial charge in [0.2, 0.25) is 4.58 Å². The molecule has 0 aromatic rings. The van der Waals surface area contributed by atoms with Crippen molar-refractivity contribution in [2.75, 3.05) is 0 Å². The van der Waals surface area contributed by atoms with Gasteiger partial charge < -0.3 is 0 Å². The summed E-state index contributed by atoms with van der Waals surface area (Å²) >= 11 is 2.96. The fraction of sp³-hybridized carbons (Fsp3) is 0.900. The Labute approximate surface area is 86.2 Å². The zero-order chi connectivity index (χ0) is 10.1. The Balaban J connectivity index is 2.58. The second-order valence-electron chi connectivity index (χ2n) is 5.10. The smallest absolute Gasteiger partial charge is 0.226 e. The minimum atomic E-state index is -1.76. The van der Waals surface area contributed by atoms with E-state index in [2.05, 4.69) is 15.9 Å². The van der Waals surface area contributed by atoms with Crippen molar-refractivity contribution in [2.24, 2.45) is 16.7 Å². The average Bonchev–Trinajstić information content (AvgIpc) is 2.26. The Bertz CT molecular complexity index is 285. The van der Waals surface area contributed by atoms with E-state index < -0.39 is 9.99 Å². The molecule has 2 rings (SSSR count). The lowest BCUT2D eigenvalue weighted by Crippen LogP contribution is -2.37. The lowest BCUT2D eigenvalue weighted by Gasteiger charge is -2.31. The number of fused-ring (bicyclic) bond motifs is 2. The number of hydrogen-bond donors (Lipinski definition) is 0. The highest BCUT2D eigenvalue weighted by Gasteiger charge is 2.73. The van der Waals surface area contributed by atoms with E-state index in [0.717, 1.165) is 12.8 Å². The molecular formula is C10H14BrFO. The van der Waals surface area contributed by atoms with E-state index >= 15 is 0 Å². The van der Waals surface area contributed by atoms with Crippen LogP contribution in [0.5, 0.6) is 0 Å². The number of carbonyl (C=O) groups is 1. The van der Waals surface area contributed by atoms with Gasteiger partial charge in [-0.25, -0.2) is 4.39 Å². The Morgan fingerprint density at radius 1 is 1.46 bits per heavy atom. The summed E-state index contributed by atoms with van der Waals surface area (Å²) in [6.07, 6.45) is 1.65. The molecule has 2 aliphatic rings. The fourth-order valence-corrected chi connectivity index (χ4v) is 4.31. The van der Waals surface area contributed by atoms with Crippen molar-refractivity contribution in [2.45, 2.75) is 38.2 Å². The van der Waals surface area contributed by atoms with E-state index in [1.54, 1.807) is 0 Å². The van der Waals surface area contributed by atoms with Gasteiger partial charge in [0, 0.05) is 11.3 Å². The first kappa shape index (κ1) is 9.63. The zero-order valence-electron chi connectivity index (χ0n) is 8.16. The minimum Gasteiger partial charge on any atom is -0.294 e. The first-order chi connectivity index (χ1) is 5.74. The molecule has 13 heavy (non-hydrogen) atoms. The highest BCUT2D eigenvalue weighted by atomic mass is 79.9. The van der Waals surface area contributed by atoms with E-state index in [1.807, 2.05) is 20.8 Å². The summed E-state index contributed by atoms with van der Waals surface area (Å²) in [6.45, 7) is 5.91. The molecule has 0 radical (unpaired) electrons. The Kier molecular flexibility index (Phi) is 1.61. The van der Waals surface area contributed by atoms with Crippen LogP contribution in [0, 0.1) is 16.7 Å². The van der Waals surface area contributed by atoms with E-state index in [4.69, 9.17) is 0 Å². The predicted molar refractivity (Wildman–Crippen MR) is 52.4 cm³/mol. The molecule has 0 N–H and O–H groups in total. The van der Waals surface area contributed by atoms with Gasteiger partial charge in [-0.1, -0.05) is 20.8 Å². The number of halogens is 2. The summed E-state index contributed by atoms with van der Waals surface area (Å²) in [5.41, 5.74) is -0.668. The molecule has 74 valence electrons. The normalized spacial score (nSPS) is 53.0. The second kappa shape index (κ2) is 2.18. The summed E-state index contributed by atoms with van der Waals surface area (Å²) in [7, 11) is 0. The second-order valence-corrected chi connectivity index (χ2v) is 6.25. The van der Waals surface area contributed by atoms with Crippen LogP contribution < -0.4 is 0 Å². The van der Waals surface area contributed by atoms with Crippen molar-refractivity contribution in [1.29, 1.82) is 0 Å². The van der Waals surface area contributed by atoms with Crippen LogP contribution in [-0.4, -0.2) is 10.4 Å². The van der Waals surface area contributed by atoms with Gasteiger partial charge in [0.15, 0.2) is 5.78 Å². The van der Waals surface area contributed by atoms with Crippen molar-refractivity contribution >= 4 is 21.7 Å². The molecule has 2 bridgehead atoms. The number of rotatable bonds is 0. The highest BCUT2D eigenvalue weighted by Crippen LogP contribution is 2.69. The standard InChI is InChI=1S/C10H14BrFO/c1-8(2)6-4-5-9(8,3)7(13)10(6,11)12/h6H,4-5H2,1-3H3. The van der Waals surface area contributed by atoms with Crippen molar-refractivity contribution in [3.8, 4) is 0 Å². The molecule has 3 heteroatoms. The van der Waals surface area contributed by atoms with Gasteiger partial charge in [0.1, 0.15) is 0 Å². The van der Waals surface area contributed by atoms with Crippen LogP contribution in [0.25, 0.3) is 0 Å². The predicted octanol–water partition coefficient (Wildman–Crippen LogP) is 3.07. The fourth-order valence-electron chi connectivity index (χ4n) is 3.07. The number of carbonyl (C=O) groups excluding carboxylic acids is 1. The van der Waals surface area contributed by atoms with Gasteiger partial charge in [-0.3, -0.25) is 4.79 Å². The van der Waals surface area contributed by atoms with Gasteiger partial charge >= 0.3 is 0 Å². The minimum absolute atomic E-state index is 0.155. The summed E-state index contributed by atoms with van der Waals surface area (Å²) in [5.74, 6) is -0.404. The highest BCUT2D eigenvalue weighted by molar-refractivity contribution is 9.10. The van der Waals surface area contributed by atoms with Crippen LogP contribution in [0.1, 0.15) is 33.6 Å². The maximum absolute atomic E-state index is 14.0. The summed E-state index contributed by atoms with van der Waals surface area (Å²) in [4.78, 5) is 11.8. The van der Waals surface area contributed by atoms with Crippen LogP contribution >= 0.6 is 15.9 Å². The quantitative estimate of drug-likeness (QED) is 0.603. The third-order valence-electron chi connectivity index (χ3n) is 4.47. The SMILES string of the molecule is CC12CCC(C(F)(Br)C1=O)C2(C)C. The van der Waals surface area contributed by atoms with Gasteiger partial charge in [-0.15, -0.1) is 0 Å². The molecule has 2 aliphatic carbocycles. The van der Waals surface area contributed by atoms with Crippen molar-refractivity contribution in [3.05, 3.63) is 0 Å². The zero-order valence-corrected chi connectivity index (χ0v) is 9.74. The van der Waals surface area contributed by atoms with Crippen LogP contribution in [-0.2, 0) is 4.79 Å². The molecule has 0 aromatic carbocycles. The molecule has 0 amide bonds. The van der Waals surface area contributed by atoms with Gasteiger partial charge in [0.25, 0.3) is 0 Å². The van der Waals surface area contributed by atoms with Crippen LogP contribution in [0.15, 0.2) is 0 Å². The third kappa shape index (κ3) is 0.804. The van der Waals surface area contributed by atoms with Crippen molar-refractivity contribution < 1.29 is 9.18 Å². The van der Waals surface area contributed by atoms with Gasteiger partial charge in [-0.2, -0.15) is 0 Å². The van der Waals surface area contributed by atoms with Crippen LogP contribution in [0.4, 0.5) is 4.39 Å². The Morgan fingerprint density at radius 2 is 2.00 bits per heavy atom. The van der Waals surface area contributed by atoms with E-state index in [1.165, 1.54) is 0 Å². The Hall–Kier alpha value is 0.0800. The molecule has 3 atom stereocenters. The molecule has 0 heterocycles. The van der Waals surface area contributed by atoms with Gasteiger partial charge in [-0.05, 0) is 34.2 Å². The van der Waals surface area contributed by atoms with Crippen LogP contribution in [0.2, 0.25) is 0 Å². The molecule has 2 saturated carbocycles. The molecule has 3 unspecified atom stereocenters. The molecule has 0 saturated heterocycles. The molecular weight excluding hydrogens is 235 g/mol. The van der Waals surface area contributed by atoms with E-state index in [9.17, 15) is 9.18 Å². The summed E-state index contributed by atoms with van der Waals surface area (Å²) in [5, 5.41) is 0. The number of Topliss-reactive ketones (excluding diaryl/α,β-unsaturated/α-hetero) is 1. The molecule has 0 spiro atoms. The molecule has 0 aromatic heterocycles. The monoisotopic (exact) mass is 248 g/mol.